The van der Waals surface area contributed by atoms with E-state index in [9.17, 15) is 8.42 Å². The van der Waals surface area contributed by atoms with E-state index >= 15 is 0 Å². The second-order valence-corrected chi connectivity index (χ2v) is 3.77. The highest BCUT2D eigenvalue weighted by molar-refractivity contribution is 7.89. The summed E-state index contributed by atoms with van der Waals surface area (Å²) in [6.07, 6.45) is 1.31. The van der Waals surface area contributed by atoms with E-state index < -0.39 is 10.0 Å². The number of hydrogen-bond donors (Lipinski definition) is 2. The fraction of sp³-hybridized carbons (Fsp3) is 0.250. The number of hydrogen-bond acceptors (Lipinski definition) is 3. The molecule has 1 aliphatic heterocycles. The molecule has 0 aliphatic carbocycles. The molecule has 0 fully saturated rings. The Morgan fingerprint density at radius 3 is 3.10 bits per heavy atom. The van der Waals surface area contributed by atoms with Crippen LogP contribution in [0.2, 0.25) is 0 Å². The van der Waals surface area contributed by atoms with E-state index in [1.807, 2.05) is 0 Å². The lowest BCUT2D eigenvalue weighted by Crippen LogP contribution is -2.14. The highest BCUT2D eigenvalue weighted by Crippen LogP contribution is 2.17. The molecule has 0 bridgehead atoms. The molecule has 10 heavy (non-hydrogen) atoms. The van der Waals surface area contributed by atoms with Gasteiger partial charge in [0.2, 0.25) is 10.0 Å². The molecule has 1 aliphatic rings. The molecule has 2 rings (SSSR count). The van der Waals surface area contributed by atoms with Crippen LogP contribution in [0.15, 0.2) is 11.1 Å². The minimum absolute atomic E-state index is 0.271. The van der Waals surface area contributed by atoms with E-state index in [1.165, 1.54) is 6.20 Å². The maximum atomic E-state index is 10.9. The Bertz CT molecular complexity index is 352. The van der Waals surface area contributed by atoms with Crippen LogP contribution in [0, 0.1) is 0 Å². The fourth-order valence-electron chi connectivity index (χ4n) is 0.905. The summed E-state index contributed by atoms with van der Waals surface area (Å²) in [5, 5.41) is 6.18. The third kappa shape index (κ3) is 0.598. The Morgan fingerprint density at radius 2 is 2.40 bits per heavy atom. The SMILES string of the molecule is O=S1(=O)NCc2[nH]ncc21. The van der Waals surface area contributed by atoms with Gasteiger partial charge in [-0.2, -0.15) is 5.10 Å². The van der Waals surface area contributed by atoms with Crippen LogP contribution in [-0.2, 0) is 16.6 Å². The first-order valence-electron chi connectivity index (χ1n) is 2.72. The zero-order valence-corrected chi connectivity index (χ0v) is 5.77. The lowest BCUT2D eigenvalue weighted by atomic mass is 10.4. The van der Waals surface area contributed by atoms with E-state index in [0.717, 1.165) is 0 Å². The van der Waals surface area contributed by atoms with E-state index in [-0.39, 0.29) is 4.90 Å². The van der Waals surface area contributed by atoms with Crippen LogP contribution in [0.3, 0.4) is 0 Å². The topological polar surface area (TPSA) is 74.8 Å². The van der Waals surface area contributed by atoms with Gasteiger partial charge in [0.1, 0.15) is 4.90 Å². The number of fused-ring (bicyclic) bond motifs is 1. The minimum atomic E-state index is -3.21. The molecule has 0 amide bonds. The van der Waals surface area contributed by atoms with Crippen molar-refractivity contribution in [2.45, 2.75) is 11.4 Å². The number of aromatic nitrogens is 2. The Hall–Kier alpha value is -0.880. The molecule has 1 aromatic heterocycles. The van der Waals surface area contributed by atoms with Gasteiger partial charge in [-0.05, 0) is 0 Å². The molecule has 0 radical (unpaired) electrons. The van der Waals surface area contributed by atoms with Gasteiger partial charge in [-0.15, -0.1) is 0 Å². The van der Waals surface area contributed by atoms with Gasteiger partial charge in [-0.1, -0.05) is 0 Å². The molecule has 0 saturated heterocycles. The number of aromatic amines is 1. The maximum absolute atomic E-state index is 10.9. The molecule has 0 atom stereocenters. The number of H-pyrrole nitrogens is 1. The van der Waals surface area contributed by atoms with Crippen molar-refractivity contribution in [1.29, 1.82) is 0 Å². The normalized spacial score (nSPS) is 20.8. The Kier molecular flexibility index (Phi) is 0.930. The summed E-state index contributed by atoms with van der Waals surface area (Å²) in [4.78, 5) is 0.271. The molecule has 0 saturated carbocycles. The predicted octanol–water partition coefficient (Wildman–Crippen LogP) is -0.798. The molecule has 0 spiro atoms. The van der Waals surface area contributed by atoms with Crippen molar-refractivity contribution in [3.05, 3.63) is 11.9 Å². The number of nitrogens with one attached hydrogen (secondary N) is 2. The maximum Gasteiger partial charge on any atom is 0.244 e. The van der Waals surface area contributed by atoms with Gasteiger partial charge in [-0.25, -0.2) is 13.1 Å². The molecule has 0 aromatic carbocycles. The monoisotopic (exact) mass is 159 g/mol. The van der Waals surface area contributed by atoms with Crippen molar-refractivity contribution in [3.63, 3.8) is 0 Å². The Labute approximate surface area is 57.5 Å². The number of nitrogens with zero attached hydrogens (tertiary/aromatic N) is 1. The average Bonchev–Trinajstić information content (AvgIpc) is 2.36. The average molecular weight is 159 g/mol. The molecule has 0 unspecified atom stereocenters. The van der Waals surface area contributed by atoms with Crippen molar-refractivity contribution in [3.8, 4) is 0 Å². The second kappa shape index (κ2) is 1.58. The Balaban J connectivity index is 2.76. The molecular weight excluding hydrogens is 154 g/mol. The molecule has 6 heteroatoms. The van der Waals surface area contributed by atoms with Gasteiger partial charge in [0.05, 0.1) is 18.4 Å². The van der Waals surface area contributed by atoms with Gasteiger partial charge < -0.3 is 0 Å². The third-order valence-electron chi connectivity index (χ3n) is 1.41. The summed E-state index contributed by atoms with van der Waals surface area (Å²) in [7, 11) is -3.21. The van der Waals surface area contributed by atoms with Crippen LogP contribution >= 0.6 is 0 Å². The summed E-state index contributed by atoms with van der Waals surface area (Å²) >= 11 is 0. The predicted molar refractivity (Wildman–Crippen MR) is 32.6 cm³/mol. The molecule has 1 aromatic rings. The fourth-order valence-corrected chi connectivity index (χ4v) is 2.03. The molecular formula is C4H5N3O2S. The lowest BCUT2D eigenvalue weighted by Gasteiger charge is -1.87. The first kappa shape index (κ1) is 5.87. The quantitative estimate of drug-likeness (QED) is 0.520. The van der Waals surface area contributed by atoms with Gasteiger partial charge >= 0.3 is 0 Å². The van der Waals surface area contributed by atoms with Crippen molar-refractivity contribution < 1.29 is 8.42 Å². The van der Waals surface area contributed by atoms with E-state index in [4.69, 9.17) is 0 Å². The van der Waals surface area contributed by atoms with E-state index in [1.54, 1.807) is 0 Å². The first-order chi connectivity index (χ1) is 4.70. The second-order valence-electron chi connectivity index (χ2n) is 2.04. The largest absolute Gasteiger partial charge is 0.280 e. The molecule has 54 valence electrons. The summed E-state index contributed by atoms with van der Waals surface area (Å²) in [5.74, 6) is 0. The van der Waals surface area contributed by atoms with Crippen LogP contribution < -0.4 is 4.72 Å². The minimum Gasteiger partial charge on any atom is -0.280 e. The zero-order valence-electron chi connectivity index (χ0n) is 4.96. The molecule has 2 N–H and O–H groups in total. The summed E-state index contributed by atoms with van der Waals surface area (Å²) in [5.41, 5.74) is 0.639. The van der Waals surface area contributed by atoms with E-state index in [2.05, 4.69) is 14.9 Å². The van der Waals surface area contributed by atoms with Crippen LogP contribution in [0.1, 0.15) is 5.69 Å². The molecule has 5 nitrogen and oxygen atoms in total. The van der Waals surface area contributed by atoms with Crippen molar-refractivity contribution in [2.24, 2.45) is 0 Å². The van der Waals surface area contributed by atoms with Gasteiger partial charge in [0.25, 0.3) is 0 Å². The van der Waals surface area contributed by atoms with Crippen molar-refractivity contribution in [2.75, 3.05) is 0 Å². The smallest absolute Gasteiger partial charge is 0.244 e. The first-order valence-corrected chi connectivity index (χ1v) is 4.20. The number of sulfonamides is 1. The van der Waals surface area contributed by atoms with Gasteiger partial charge in [0, 0.05) is 0 Å². The van der Waals surface area contributed by atoms with Crippen LogP contribution in [0.4, 0.5) is 0 Å². The zero-order chi connectivity index (χ0) is 7.19. The highest BCUT2D eigenvalue weighted by atomic mass is 32.2. The van der Waals surface area contributed by atoms with Crippen LogP contribution in [0.25, 0.3) is 0 Å². The van der Waals surface area contributed by atoms with E-state index in [0.29, 0.717) is 12.2 Å². The Morgan fingerprint density at radius 1 is 1.60 bits per heavy atom. The summed E-state index contributed by atoms with van der Waals surface area (Å²) in [6, 6.07) is 0. The summed E-state index contributed by atoms with van der Waals surface area (Å²) in [6.45, 7) is 0.331. The van der Waals surface area contributed by atoms with Crippen LogP contribution in [-0.4, -0.2) is 18.6 Å². The standard InChI is InChI=1S/C4H5N3O2S/c8-10(9)4-2-5-7-3(4)1-6-10/h2,6H,1H2,(H,5,7). The van der Waals surface area contributed by atoms with Gasteiger partial charge in [0.15, 0.2) is 0 Å². The lowest BCUT2D eigenvalue weighted by molar-refractivity contribution is 0.589. The number of rotatable bonds is 0. The van der Waals surface area contributed by atoms with Crippen molar-refractivity contribution >= 4 is 10.0 Å². The molecule has 2 heterocycles. The summed E-state index contributed by atoms with van der Waals surface area (Å²) < 4.78 is 24.2. The van der Waals surface area contributed by atoms with Gasteiger partial charge in [-0.3, -0.25) is 5.10 Å². The van der Waals surface area contributed by atoms with Crippen LogP contribution in [0.5, 0.6) is 0 Å². The highest BCUT2D eigenvalue weighted by Gasteiger charge is 2.26. The third-order valence-corrected chi connectivity index (χ3v) is 2.86. The van der Waals surface area contributed by atoms with Crippen molar-refractivity contribution in [1.82, 2.24) is 14.9 Å².